The average Bonchev–Trinajstić information content (AvgIpc) is 3.14. The van der Waals surface area contributed by atoms with Gasteiger partial charge in [-0.2, -0.15) is 0 Å². The molecule has 0 aliphatic carbocycles. The number of halogens is 1. The normalized spacial score (nSPS) is 10.7. The minimum Gasteiger partial charge on any atom is -0.298 e. The summed E-state index contributed by atoms with van der Waals surface area (Å²) in [5.74, 6) is -0.229. The van der Waals surface area contributed by atoms with E-state index in [0.717, 1.165) is 21.7 Å². The highest BCUT2D eigenvalue weighted by Crippen LogP contribution is 2.39. The van der Waals surface area contributed by atoms with Gasteiger partial charge in [-0.05, 0) is 48.7 Å². The first-order chi connectivity index (χ1) is 14.0. The van der Waals surface area contributed by atoms with Crippen LogP contribution in [-0.4, -0.2) is 10.9 Å². The van der Waals surface area contributed by atoms with Crippen LogP contribution in [0.4, 0.5) is 5.13 Å². The minimum atomic E-state index is -0.229. The second-order valence-corrected chi connectivity index (χ2v) is 8.26. The maximum absolute atomic E-state index is 12.7. The number of thiazole rings is 1. The van der Waals surface area contributed by atoms with Crippen molar-refractivity contribution >= 4 is 34.0 Å². The van der Waals surface area contributed by atoms with E-state index < -0.39 is 0 Å². The van der Waals surface area contributed by atoms with Gasteiger partial charge >= 0.3 is 0 Å². The Hall–Kier alpha value is -2.95. The summed E-state index contributed by atoms with van der Waals surface area (Å²) < 4.78 is 0. The topological polar surface area (TPSA) is 42.0 Å². The zero-order valence-electron chi connectivity index (χ0n) is 16.1. The summed E-state index contributed by atoms with van der Waals surface area (Å²) in [6.45, 7) is 4.20. The molecule has 5 heteroatoms. The molecule has 0 unspecified atom stereocenters. The molecular formula is C24H19ClN2OS. The summed E-state index contributed by atoms with van der Waals surface area (Å²) in [4.78, 5) is 18.4. The summed E-state index contributed by atoms with van der Waals surface area (Å²) in [6, 6.07) is 23.3. The molecule has 3 nitrogen and oxygen atoms in total. The molecule has 4 aromatic rings. The van der Waals surface area contributed by atoms with Crippen molar-refractivity contribution in [3.8, 4) is 21.7 Å². The first-order valence-electron chi connectivity index (χ1n) is 9.22. The number of nitrogens with zero attached hydrogens (tertiary/aromatic N) is 1. The number of carbonyl (C=O) groups is 1. The Bertz CT molecular complexity index is 1180. The first kappa shape index (κ1) is 19.4. The van der Waals surface area contributed by atoms with E-state index >= 15 is 0 Å². The van der Waals surface area contributed by atoms with Gasteiger partial charge < -0.3 is 0 Å². The fourth-order valence-electron chi connectivity index (χ4n) is 3.04. The van der Waals surface area contributed by atoms with Crippen LogP contribution in [0, 0.1) is 13.8 Å². The number of hydrogen-bond donors (Lipinski definition) is 1. The number of nitrogens with one attached hydrogen (secondary N) is 1. The van der Waals surface area contributed by atoms with Crippen molar-refractivity contribution in [2.75, 3.05) is 5.32 Å². The largest absolute Gasteiger partial charge is 0.298 e. The molecule has 0 aliphatic rings. The SMILES string of the molecule is Cc1ccc(-c2sc(NC(=O)c3cccc(Cl)c3)nc2-c2ccccc2)cc1C. The van der Waals surface area contributed by atoms with Crippen molar-refractivity contribution < 1.29 is 4.79 Å². The number of amides is 1. The molecule has 1 amide bonds. The fraction of sp³-hybridized carbons (Fsp3) is 0.0833. The van der Waals surface area contributed by atoms with E-state index in [1.54, 1.807) is 24.3 Å². The van der Waals surface area contributed by atoms with Gasteiger partial charge in [-0.1, -0.05) is 77.5 Å². The number of hydrogen-bond acceptors (Lipinski definition) is 3. The quantitative estimate of drug-likeness (QED) is 0.387. The zero-order chi connectivity index (χ0) is 20.4. The molecule has 0 saturated heterocycles. The van der Waals surface area contributed by atoms with E-state index in [4.69, 9.17) is 16.6 Å². The Morgan fingerprint density at radius 3 is 2.41 bits per heavy atom. The summed E-state index contributed by atoms with van der Waals surface area (Å²) in [5.41, 5.74) is 5.93. The summed E-state index contributed by atoms with van der Waals surface area (Å²) in [6.07, 6.45) is 0. The highest BCUT2D eigenvalue weighted by molar-refractivity contribution is 7.19. The highest BCUT2D eigenvalue weighted by atomic mass is 35.5. The number of benzene rings is 3. The maximum atomic E-state index is 12.7. The Morgan fingerprint density at radius 2 is 1.69 bits per heavy atom. The third kappa shape index (κ3) is 4.24. The lowest BCUT2D eigenvalue weighted by molar-refractivity contribution is 0.102. The van der Waals surface area contributed by atoms with Crippen molar-refractivity contribution in [3.05, 3.63) is 94.5 Å². The predicted molar refractivity (Wildman–Crippen MR) is 122 cm³/mol. The lowest BCUT2D eigenvalue weighted by Crippen LogP contribution is -2.11. The standard InChI is InChI=1S/C24H19ClN2OS/c1-15-11-12-18(13-16(15)2)22-21(17-7-4-3-5-8-17)26-24(29-22)27-23(28)19-9-6-10-20(25)14-19/h3-14H,1-2H3,(H,26,27,28). The number of rotatable bonds is 4. The van der Waals surface area contributed by atoms with E-state index in [1.807, 2.05) is 30.3 Å². The molecule has 4 rings (SSSR count). The van der Waals surface area contributed by atoms with E-state index in [2.05, 4.69) is 37.4 Å². The van der Waals surface area contributed by atoms with Crippen LogP contribution in [0.5, 0.6) is 0 Å². The lowest BCUT2D eigenvalue weighted by Gasteiger charge is -2.05. The van der Waals surface area contributed by atoms with Gasteiger partial charge in [0, 0.05) is 16.1 Å². The predicted octanol–water partition coefficient (Wildman–Crippen LogP) is 7.00. The van der Waals surface area contributed by atoms with Gasteiger partial charge in [0.15, 0.2) is 5.13 Å². The molecule has 0 saturated carbocycles. The molecule has 0 aliphatic heterocycles. The number of aromatic nitrogens is 1. The second kappa shape index (κ2) is 8.19. The van der Waals surface area contributed by atoms with E-state index in [0.29, 0.717) is 15.7 Å². The van der Waals surface area contributed by atoms with Crippen molar-refractivity contribution in [2.45, 2.75) is 13.8 Å². The van der Waals surface area contributed by atoms with Crippen molar-refractivity contribution in [1.29, 1.82) is 0 Å². The van der Waals surface area contributed by atoms with Gasteiger partial charge in [-0.25, -0.2) is 4.98 Å². The molecule has 29 heavy (non-hydrogen) atoms. The van der Waals surface area contributed by atoms with Crippen LogP contribution >= 0.6 is 22.9 Å². The molecule has 1 aromatic heterocycles. The molecule has 1 heterocycles. The molecular weight excluding hydrogens is 400 g/mol. The Balaban J connectivity index is 1.75. The van der Waals surface area contributed by atoms with Crippen molar-refractivity contribution in [1.82, 2.24) is 4.98 Å². The van der Waals surface area contributed by atoms with Crippen LogP contribution in [0.25, 0.3) is 21.7 Å². The average molecular weight is 419 g/mol. The third-order valence-corrected chi connectivity index (χ3v) is 6.01. The third-order valence-electron chi connectivity index (χ3n) is 4.75. The van der Waals surface area contributed by atoms with Gasteiger partial charge in [-0.3, -0.25) is 10.1 Å². The molecule has 1 N–H and O–H groups in total. The molecule has 0 atom stereocenters. The Morgan fingerprint density at radius 1 is 0.897 bits per heavy atom. The molecule has 0 fully saturated rings. The zero-order valence-corrected chi connectivity index (χ0v) is 17.6. The van der Waals surface area contributed by atoms with Gasteiger partial charge in [0.05, 0.1) is 10.6 Å². The maximum Gasteiger partial charge on any atom is 0.257 e. The van der Waals surface area contributed by atoms with Crippen molar-refractivity contribution in [2.24, 2.45) is 0 Å². The first-order valence-corrected chi connectivity index (χ1v) is 10.4. The minimum absolute atomic E-state index is 0.229. The summed E-state index contributed by atoms with van der Waals surface area (Å²) >= 11 is 7.49. The lowest BCUT2D eigenvalue weighted by atomic mass is 10.0. The van der Waals surface area contributed by atoms with Crippen LogP contribution in [-0.2, 0) is 0 Å². The molecule has 3 aromatic carbocycles. The fourth-order valence-corrected chi connectivity index (χ4v) is 4.21. The van der Waals surface area contributed by atoms with Crippen LogP contribution < -0.4 is 5.32 Å². The van der Waals surface area contributed by atoms with E-state index in [9.17, 15) is 4.79 Å². The van der Waals surface area contributed by atoms with Gasteiger partial charge in [0.2, 0.25) is 0 Å². The monoisotopic (exact) mass is 418 g/mol. The van der Waals surface area contributed by atoms with Crippen LogP contribution in [0.3, 0.4) is 0 Å². The number of anilines is 1. The Kier molecular flexibility index (Phi) is 5.47. The van der Waals surface area contributed by atoms with E-state index in [-0.39, 0.29) is 5.91 Å². The van der Waals surface area contributed by atoms with Crippen LogP contribution in [0.15, 0.2) is 72.8 Å². The van der Waals surface area contributed by atoms with Crippen molar-refractivity contribution in [3.63, 3.8) is 0 Å². The van der Waals surface area contributed by atoms with E-state index in [1.165, 1.54) is 22.5 Å². The summed E-state index contributed by atoms with van der Waals surface area (Å²) in [5, 5.41) is 4.00. The van der Waals surface area contributed by atoms with Gasteiger partial charge in [0.1, 0.15) is 0 Å². The second-order valence-electron chi connectivity index (χ2n) is 6.83. The molecule has 144 valence electrons. The summed E-state index contributed by atoms with van der Waals surface area (Å²) in [7, 11) is 0. The van der Waals surface area contributed by atoms with Crippen LogP contribution in [0.2, 0.25) is 5.02 Å². The molecule has 0 bridgehead atoms. The van der Waals surface area contributed by atoms with Gasteiger partial charge in [0.25, 0.3) is 5.91 Å². The Labute approximate surface area is 179 Å². The van der Waals surface area contributed by atoms with Gasteiger partial charge in [-0.15, -0.1) is 0 Å². The number of carbonyl (C=O) groups excluding carboxylic acids is 1. The highest BCUT2D eigenvalue weighted by Gasteiger charge is 2.17. The molecule has 0 spiro atoms. The molecule has 0 radical (unpaired) electrons. The van der Waals surface area contributed by atoms with Crippen LogP contribution in [0.1, 0.15) is 21.5 Å². The smallest absolute Gasteiger partial charge is 0.257 e. The number of aryl methyl sites for hydroxylation is 2.